The maximum Gasteiger partial charge on any atom is 0.222 e. The van der Waals surface area contributed by atoms with E-state index in [0.29, 0.717) is 19.5 Å². The first-order valence-electron chi connectivity index (χ1n) is 8.04. The van der Waals surface area contributed by atoms with Gasteiger partial charge < -0.3 is 10.6 Å². The van der Waals surface area contributed by atoms with Gasteiger partial charge in [0.1, 0.15) is 0 Å². The highest BCUT2D eigenvalue weighted by Gasteiger charge is 2.19. The average Bonchev–Trinajstić information content (AvgIpc) is 2.78. The summed E-state index contributed by atoms with van der Waals surface area (Å²) in [5.41, 5.74) is 6.12. The van der Waals surface area contributed by atoms with Gasteiger partial charge in [0.25, 0.3) is 0 Å². The number of likely N-dealkylation sites (tertiary alicyclic amines) is 1. The number of carbonyl (C=O) groups is 1. The summed E-state index contributed by atoms with van der Waals surface area (Å²) in [6, 6.07) is 6.48. The van der Waals surface area contributed by atoms with E-state index >= 15 is 0 Å². The Morgan fingerprint density at radius 1 is 1.29 bits per heavy atom. The van der Waals surface area contributed by atoms with Crippen LogP contribution in [0.15, 0.2) is 41.1 Å². The Labute approximate surface area is 142 Å². The van der Waals surface area contributed by atoms with Crippen molar-refractivity contribution in [1.82, 2.24) is 4.90 Å². The predicted molar refractivity (Wildman–Crippen MR) is 90.6 cm³/mol. The van der Waals surface area contributed by atoms with Crippen LogP contribution in [0.3, 0.4) is 0 Å². The summed E-state index contributed by atoms with van der Waals surface area (Å²) in [7, 11) is -3.66. The molecule has 1 aliphatic rings. The third-order valence-corrected chi connectivity index (χ3v) is 5.82. The first kappa shape index (κ1) is 18.6. The van der Waals surface area contributed by atoms with Gasteiger partial charge in [-0.15, -0.1) is 0 Å². The van der Waals surface area contributed by atoms with Gasteiger partial charge in [-0.1, -0.05) is 18.6 Å². The SMILES string of the molecule is NC/C(=C\F)CS(=O)(=O)c1cccc(CN2CCCCCC2=O)c1. The van der Waals surface area contributed by atoms with Gasteiger partial charge in [-0.2, -0.15) is 0 Å². The van der Waals surface area contributed by atoms with Crippen molar-refractivity contribution in [2.45, 2.75) is 37.1 Å². The molecule has 1 saturated heterocycles. The minimum atomic E-state index is -3.66. The van der Waals surface area contributed by atoms with Crippen molar-refractivity contribution in [3.8, 4) is 0 Å². The van der Waals surface area contributed by atoms with Crippen molar-refractivity contribution in [3.05, 3.63) is 41.7 Å². The Balaban J connectivity index is 2.17. The van der Waals surface area contributed by atoms with Crippen molar-refractivity contribution >= 4 is 15.7 Å². The van der Waals surface area contributed by atoms with Crippen LogP contribution in [0, 0.1) is 0 Å². The average molecular weight is 354 g/mol. The second kappa shape index (κ2) is 8.39. The van der Waals surface area contributed by atoms with Gasteiger partial charge >= 0.3 is 0 Å². The fourth-order valence-electron chi connectivity index (χ4n) is 2.73. The summed E-state index contributed by atoms with van der Waals surface area (Å²) >= 11 is 0. The van der Waals surface area contributed by atoms with Crippen LogP contribution in [0.5, 0.6) is 0 Å². The second-order valence-corrected chi connectivity index (χ2v) is 7.99. The lowest BCUT2D eigenvalue weighted by Gasteiger charge is -2.20. The standard InChI is InChI=1S/C17H23FN2O3S/c18-10-15(11-19)13-24(22,23)16-6-4-5-14(9-16)12-20-8-3-1-2-7-17(20)21/h4-6,9-10H,1-3,7-8,11-13,19H2/b15-10+. The largest absolute Gasteiger partial charge is 0.338 e. The van der Waals surface area contributed by atoms with Gasteiger partial charge in [0.05, 0.1) is 17.0 Å². The van der Waals surface area contributed by atoms with E-state index in [4.69, 9.17) is 5.73 Å². The number of nitrogens with two attached hydrogens (primary N) is 1. The lowest BCUT2D eigenvalue weighted by molar-refractivity contribution is -0.131. The minimum absolute atomic E-state index is 0.0306. The zero-order valence-electron chi connectivity index (χ0n) is 13.6. The molecule has 132 valence electrons. The van der Waals surface area contributed by atoms with E-state index in [2.05, 4.69) is 0 Å². The maximum atomic E-state index is 12.6. The molecule has 0 atom stereocenters. The van der Waals surface area contributed by atoms with Crippen molar-refractivity contribution < 1.29 is 17.6 Å². The molecule has 1 aromatic rings. The fourth-order valence-corrected chi connectivity index (χ4v) is 4.18. The van der Waals surface area contributed by atoms with E-state index in [-0.39, 0.29) is 29.3 Å². The highest BCUT2D eigenvalue weighted by Crippen LogP contribution is 2.19. The summed E-state index contributed by atoms with van der Waals surface area (Å²) in [4.78, 5) is 14.0. The molecule has 1 amide bonds. The van der Waals surface area contributed by atoms with Gasteiger partial charge in [-0.3, -0.25) is 4.79 Å². The first-order chi connectivity index (χ1) is 11.5. The molecule has 0 aliphatic carbocycles. The van der Waals surface area contributed by atoms with E-state index < -0.39 is 15.6 Å². The highest BCUT2D eigenvalue weighted by molar-refractivity contribution is 7.91. The van der Waals surface area contributed by atoms with Crippen molar-refractivity contribution in [2.75, 3.05) is 18.8 Å². The number of hydrogen-bond acceptors (Lipinski definition) is 4. The molecular weight excluding hydrogens is 331 g/mol. The maximum absolute atomic E-state index is 12.6. The minimum Gasteiger partial charge on any atom is -0.338 e. The number of carbonyl (C=O) groups excluding carboxylic acids is 1. The predicted octanol–water partition coefficient (Wildman–Crippen LogP) is 2.18. The lowest BCUT2D eigenvalue weighted by Crippen LogP contribution is -2.29. The number of nitrogens with zero attached hydrogens (tertiary/aromatic N) is 1. The number of halogens is 1. The lowest BCUT2D eigenvalue weighted by atomic mass is 10.2. The Kier molecular flexibility index (Phi) is 6.51. The molecule has 2 rings (SSSR count). The van der Waals surface area contributed by atoms with Crippen molar-refractivity contribution in [2.24, 2.45) is 5.73 Å². The van der Waals surface area contributed by atoms with Crippen LogP contribution in [0.4, 0.5) is 4.39 Å². The van der Waals surface area contributed by atoms with Crippen LogP contribution in [0.25, 0.3) is 0 Å². The third kappa shape index (κ3) is 4.88. The van der Waals surface area contributed by atoms with Crippen molar-refractivity contribution in [1.29, 1.82) is 0 Å². The summed E-state index contributed by atoms with van der Waals surface area (Å²) < 4.78 is 37.4. The van der Waals surface area contributed by atoms with Gasteiger partial charge in [0, 0.05) is 26.1 Å². The van der Waals surface area contributed by atoms with E-state index in [1.165, 1.54) is 6.07 Å². The van der Waals surface area contributed by atoms with Crippen LogP contribution in [0.2, 0.25) is 0 Å². The van der Waals surface area contributed by atoms with Gasteiger partial charge in [0.15, 0.2) is 9.84 Å². The summed E-state index contributed by atoms with van der Waals surface area (Å²) in [5.74, 6) is -0.335. The molecule has 0 aromatic heterocycles. The summed E-state index contributed by atoms with van der Waals surface area (Å²) in [6.07, 6.45) is 3.69. The molecule has 1 aliphatic heterocycles. The van der Waals surface area contributed by atoms with E-state index in [0.717, 1.165) is 24.8 Å². The topological polar surface area (TPSA) is 80.5 Å². The van der Waals surface area contributed by atoms with E-state index in [9.17, 15) is 17.6 Å². The van der Waals surface area contributed by atoms with Gasteiger partial charge in [-0.25, -0.2) is 12.8 Å². The molecule has 24 heavy (non-hydrogen) atoms. The van der Waals surface area contributed by atoms with Crippen LogP contribution in [0.1, 0.15) is 31.2 Å². The first-order valence-corrected chi connectivity index (χ1v) is 9.69. The molecular formula is C17H23FN2O3S. The monoisotopic (exact) mass is 354 g/mol. The Morgan fingerprint density at radius 3 is 2.79 bits per heavy atom. The Hall–Kier alpha value is -1.73. The summed E-state index contributed by atoms with van der Waals surface area (Å²) in [6.45, 7) is 0.945. The number of hydrogen-bond donors (Lipinski definition) is 1. The zero-order chi connectivity index (χ0) is 17.6. The normalized spacial score (nSPS) is 17.0. The van der Waals surface area contributed by atoms with Crippen LogP contribution in [-0.2, 0) is 21.2 Å². The smallest absolute Gasteiger partial charge is 0.222 e. The van der Waals surface area contributed by atoms with Gasteiger partial charge in [0.2, 0.25) is 5.91 Å². The Morgan fingerprint density at radius 2 is 2.08 bits per heavy atom. The van der Waals surface area contributed by atoms with E-state index in [1.807, 2.05) is 0 Å². The quantitative estimate of drug-likeness (QED) is 0.849. The highest BCUT2D eigenvalue weighted by atomic mass is 32.2. The third-order valence-electron chi connectivity index (χ3n) is 4.09. The molecule has 0 unspecified atom stereocenters. The van der Waals surface area contributed by atoms with Crippen LogP contribution >= 0.6 is 0 Å². The van der Waals surface area contributed by atoms with Crippen molar-refractivity contribution in [3.63, 3.8) is 0 Å². The molecule has 1 aromatic carbocycles. The molecule has 0 spiro atoms. The molecule has 0 radical (unpaired) electrons. The second-order valence-electron chi connectivity index (χ2n) is 6.00. The zero-order valence-corrected chi connectivity index (χ0v) is 14.4. The van der Waals surface area contributed by atoms with Gasteiger partial charge in [-0.05, 0) is 36.1 Å². The number of rotatable bonds is 6. The Bertz CT molecular complexity index is 716. The summed E-state index contributed by atoms with van der Waals surface area (Å²) in [5, 5.41) is 0. The molecule has 1 heterocycles. The number of benzene rings is 1. The van der Waals surface area contributed by atoms with Crippen LogP contribution < -0.4 is 5.73 Å². The number of amides is 1. The van der Waals surface area contributed by atoms with Crippen LogP contribution in [-0.4, -0.2) is 38.1 Å². The molecule has 7 heteroatoms. The fraction of sp³-hybridized carbons (Fsp3) is 0.471. The molecule has 2 N–H and O–H groups in total. The molecule has 0 bridgehead atoms. The molecule has 1 fully saturated rings. The van der Waals surface area contributed by atoms with E-state index in [1.54, 1.807) is 23.1 Å². The molecule has 5 nitrogen and oxygen atoms in total. The number of sulfone groups is 1. The molecule has 0 saturated carbocycles.